The monoisotopic (exact) mass is 419 g/mol. The van der Waals surface area contributed by atoms with Crippen molar-refractivity contribution in [3.8, 4) is 5.69 Å². The molecule has 7 heteroatoms. The number of aliphatic carboxylic acids is 1. The Kier molecular flexibility index (Phi) is 5.71. The average molecular weight is 421 g/mol. The number of nitrogens with zero attached hydrogens (tertiary/aromatic N) is 1. The van der Waals surface area contributed by atoms with Crippen LogP contribution < -0.4 is 0 Å². The lowest BCUT2D eigenvalue weighted by Crippen LogP contribution is -2.09. The van der Waals surface area contributed by atoms with Crippen LogP contribution in [-0.4, -0.2) is 21.4 Å². The number of hydrogen-bond acceptors (Lipinski definition) is 2. The average Bonchev–Trinajstić information content (AvgIpc) is 3.10. The van der Waals surface area contributed by atoms with Crippen molar-refractivity contribution in [2.45, 2.75) is 0 Å². The van der Waals surface area contributed by atoms with Crippen LogP contribution >= 0.6 is 34.8 Å². The van der Waals surface area contributed by atoms with E-state index < -0.39 is 5.97 Å². The maximum absolute atomic E-state index is 13.1. The first kappa shape index (κ1) is 19.2. The molecule has 0 aliphatic rings. The Morgan fingerprint density at radius 1 is 0.963 bits per heavy atom. The molecule has 0 radical (unpaired) electrons. The molecule has 0 bridgehead atoms. The van der Waals surface area contributed by atoms with Crippen LogP contribution in [-0.2, 0) is 4.79 Å². The second-order valence-corrected chi connectivity index (χ2v) is 6.79. The first-order valence-corrected chi connectivity index (χ1v) is 8.89. The Labute approximate surface area is 170 Å². The van der Waals surface area contributed by atoms with E-state index in [2.05, 4.69) is 0 Å². The molecule has 0 aliphatic heterocycles. The van der Waals surface area contributed by atoms with Gasteiger partial charge in [0.1, 0.15) is 0 Å². The summed E-state index contributed by atoms with van der Waals surface area (Å²) in [5.41, 5.74) is 1.69. The molecule has 27 heavy (non-hydrogen) atoms. The molecule has 0 spiro atoms. The topological polar surface area (TPSA) is 59.3 Å². The summed E-state index contributed by atoms with van der Waals surface area (Å²) in [6, 6.07) is 13.2. The van der Waals surface area contributed by atoms with Gasteiger partial charge < -0.3 is 9.67 Å². The molecular weight excluding hydrogens is 409 g/mol. The van der Waals surface area contributed by atoms with Gasteiger partial charge in [-0.05, 0) is 48.5 Å². The summed E-state index contributed by atoms with van der Waals surface area (Å²) in [6.07, 6.45) is 4.19. The third-order valence-electron chi connectivity index (χ3n) is 3.84. The largest absolute Gasteiger partial charge is 0.478 e. The van der Waals surface area contributed by atoms with E-state index in [1.807, 2.05) is 0 Å². The van der Waals surface area contributed by atoms with Crippen molar-refractivity contribution in [1.82, 2.24) is 4.57 Å². The van der Waals surface area contributed by atoms with Gasteiger partial charge in [0.15, 0.2) is 5.78 Å². The number of rotatable bonds is 5. The van der Waals surface area contributed by atoms with Gasteiger partial charge in [0.25, 0.3) is 0 Å². The number of benzene rings is 2. The third kappa shape index (κ3) is 4.08. The summed E-state index contributed by atoms with van der Waals surface area (Å²) in [4.78, 5) is 24.0. The normalized spacial score (nSPS) is 11.1. The Morgan fingerprint density at radius 3 is 2.48 bits per heavy atom. The van der Waals surface area contributed by atoms with Crippen LogP contribution in [0.4, 0.5) is 0 Å². The minimum atomic E-state index is -1.07. The molecule has 4 nitrogen and oxygen atoms in total. The van der Waals surface area contributed by atoms with Gasteiger partial charge >= 0.3 is 5.97 Å². The fourth-order valence-corrected chi connectivity index (χ4v) is 3.19. The van der Waals surface area contributed by atoms with Crippen molar-refractivity contribution in [2.24, 2.45) is 0 Å². The number of carboxylic acid groups (broad SMARTS) is 1. The molecule has 0 saturated heterocycles. The highest BCUT2D eigenvalue weighted by molar-refractivity contribution is 6.44. The lowest BCUT2D eigenvalue weighted by molar-refractivity contribution is -0.131. The summed E-state index contributed by atoms with van der Waals surface area (Å²) >= 11 is 18.3. The quantitative estimate of drug-likeness (QED) is 0.421. The third-order valence-corrected chi connectivity index (χ3v) is 4.89. The summed E-state index contributed by atoms with van der Waals surface area (Å²) < 4.78 is 1.70. The van der Waals surface area contributed by atoms with Gasteiger partial charge in [-0.25, -0.2) is 4.79 Å². The molecule has 0 saturated carbocycles. The number of carboxylic acids is 1. The van der Waals surface area contributed by atoms with Gasteiger partial charge in [-0.2, -0.15) is 0 Å². The van der Waals surface area contributed by atoms with Crippen LogP contribution in [0.5, 0.6) is 0 Å². The molecule has 3 rings (SSSR count). The number of hydrogen-bond donors (Lipinski definition) is 1. The van der Waals surface area contributed by atoms with Crippen LogP contribution in [0, 0.1) is 0 Å². The summed E-state index contributed by atoms with van der Waals surface area (Å²) in [5, 5.41) is 9.68. The van der Waals surface area contributed by atoms with E-state index in [9.17, 15) is 9.59 Å². The lowest BCUT2D eigenvalue weighted by Gasteiger charge is -2.14. The molecule has 1 N–H and O–H groups in total. The zero-order valence-corrected chi connectivity index (χ0v) is 16.0. The lowest BCUT2D eigenvalue weighted by atomic mass is 10.0. The van der Waals surface area contributed by atoms with Crippen molar-refractivity contribution in [2.75, 3.05) is 0 Å². The second kappa shape index (κ2) is 8.01. The van der Waals surface area contributed by atoms with E-state index >= 15 is 0 Å². The number of carbonyl (C=O) groups is 2. The molecule has 2 aromatic carbocycles. The van der Waals surface area contributed by atoms with Crippen molar-refractivity contribution in [3.05, 3.63) is 92.7 Å². The van der Waals surface area contributed by atoms with E-state index in [1.165, 1.54) is 6.08 Å². The highest BCUT2D eigenvalue weighted by atomic mass is 35.5. The molecule has 136 valence electrons. The van der Waals surface area contributed by atoms with Gasteiger partial charge in [0.05, 0.1) is 15.7 Å². The molecule has 1 heterocycles. The van der Waals surface area contributed by atoms with Crippen LogP contribution in [0.15, 0.2) is 60.8 Å². The van der Waals surface area contributed by atoms with Crippen molar-refractivity contribution in [1.29, 1.82) is 0 Å². The molecular formula is C20H12Cl3NO3. The van der Waals surface area contributed by atoms with E-state index in [1.54, 1.807) is 59.3 Å². The minimum Gasteiger partial charge on any atom is -0.478 e. The number of halogens is 3. The molecule has 0 unspecified atom stereocenters. The molecule has 0 fully saturated rings. The second-order valence-electron chi connectivity index (χ2n) is 5.57. The summed E-state index contributed by atoms with van der Waals surface area (Å²) in [6.45, 7) is 0. The zero-order valence-electron chi connectivity index (χ0n) is 13.7. The molecule has 0 aliphatic carbocycles. The maximum Gasteiger partial charge on any atom is 0.328 e. The smallest absolute Gasteiger partial charge is 0.328 e. The first-order valence-electron chi connectivity index (χ1n) is 7.75. The zero-order chi connectivity index (χ0) is 19.6. The summed E-state index contributed by atoms with van der Waals surface area (Å²) in [5.74, 6) is -1.41. The van der Waals surface area contributed by atoms with E-state index in [0.29, 0.717) is 22.0 Å². The summed E-state index contributed by atoms with van der Waals surface area (Å²) in [7, 11) is 0. The highest BCUT2D eigenvalue weighted by Gasteiger charge is 2.20. The Balaban J connectivity index is 2.16. The fourth-order valence-electron chi connectivity index (χ4n) is 2.63. The van der Waals surface area contributed by atoms with Crippen molar-refractivity contribution in [3.63, 3.8) is 0 Å². The minimum absolute atomic E-state index is 0.161. The van der Waals surface area contributed by atoms with Crippen LogP contribution in [0.2, 0.25) is 15.1 Å². The molecule has 3 aromatic rings. The van der Waals surface area contributed by atoms with Crippen molar-refractivity contribution < 1.29 is 14.7 Å². The van der Waals surface area contributed by atoms with Gasteiger partial charge in [0.2, 0.25) is 0 Å². The standard InChI is InChI=1S/C20H12Cl3NO3/c21-12-6-8-17(24-10-2-3-13(24)7-9-18(25)26)15(11-12)20(27)14-4-1-5-16(22)19(14)23/h1-11H,(H,25,26). The van der Waals surface area contributed by atoms with Gasteiger partial charge in [-0.1, -0.05) is 40.9 Å². The van der Waals surface area contributed by atoms with E-state index in [0.717, 1.165) is 6.08 Å². The van der Waals surface area contributed by atoms with E-state index in [-0.39, 0.29) is 21.4 Å². The maximum atomic E-state index is 13.1. The van der Waals surface area contributed by atoms with E-state index in [4.69, 9.17) is 39.9 Å². The van der Waals surface area contributed by atoms with Crippen LogP contribution in [0.3, 0.4) is 0 Å². The SMILES string of the molecule is O=C(O)C=Cc1cccn1-c1ccc(Cl)cc1C(=O)c1cccc(Cl)c1Cl. The Hall–Kier alpha value is -2.53. The van der Waals surface area contributed by atoms with Gasteiger partial charge in [-0.15, -0.1) is 0 Å². The Morgan fingerprint density at radius 2 is 1.74 bits per heavy atom. The van der Waals surface area contributed by atoms with Gasteiger partial charge in [-0.3, -0.25) is 4.79 Å². The predicted molar refractivity (Wildman–Crippen MR) is 107 cm³/mol. The van der Waals surface area contributed by atoms with Crippen molar-refractivity contribution >= 4 is 52.6 Å². The highest BCUT2D eigenvalue weighted by Crippen LogP contribution is 2.30. The fraction of sp³-hybridized carbons (Fsp3) is 0. The predicted octanol–water partition coefficient (Wildman–Crippen LogP) is 5.77. The number of aromatic nitrogens is 1. The number of carbonyl (C=O) groups excluding carboxylic acids is 1. The Bertz CT molecular complexity index is 1070. The van der Waals surface area contributed by atoms with Crippen LogP contribution in [0.25, 0.3) is 11.8 Å². The molecule has 0 atom stereocenters. The first-order chi connectivity index (χ1) is 12.9. The van der Waals surface area contributed by atoms with Crippen LogP contribution in [0.1, 0.15) is 21.6 Å². The molecule has 0 amide bonds. The molecule has 1 aromatic heterocycles. The van der Waals surface area contributed by atoms with Gasteiger partial charge in [0, 0.05) is 34.1 Å². The number of ketones is 1.